The van der Waals surface area contributed by atoms with Gasteiger partial charge in [0.1, 0.15) is 18.6 Å². The van der Waals surface area contributed by atoms with Crippen LogP contribution in [-0.2, 0) is 9.63 Å². The maximum Gasteiger partial charge on any atom is 0.270 e. The number of benzene rings is 1. The molecule has 1 N–H and O–H groups in total. The molecule has 1 aromatic rings. The molecule has 5 heteroatoms. The lowest BCUT2D eigenvalue weighted by Crippen LogP contribution is -2.12. The highest BCUT2D eigenvalue weighted by Gasteiger charge is 1.99. The number of anilines is 1. The summed E-state index contributed by atoms with van der Waals surface area (Å²) in [6, 6.07) is 5.59. The van der Waals surface area contributed by atoms with E-state index in [4.69, 9.17) is 0 Å². The van der Waals surface area contributed by atoms with Gasteiger partial charge in [0.2, 0.25) is 0 Å². The largest absolute Gasteiger partial charge is 0.396 e. The molecule has 0 radical (unpaired) electrons. The molecule has 15 heavy (non-hydrogen) atoms. The number of halogens is 1. The Morgan fingerprint density at radius 2 is 2.47 bits per heavy atom. The number of carbonyl (C=O) groups excluding carboxylic acids is 1. The topological polar surface area (TPSA) is 50.7 Å². The Morgan fingerprint density at radius 3 is 3.13 bits per heavy atom. The Kier molecular flexibility index (Phi) is 4.28. The molecule has 0 fully saturated rings. The molecule has 1 rings (SSSR count). The summed E-state index contributed by atoms with van der Waals surface area (Å²) in [5, 5.41) is 5.81. The van der Waals surface area contributed by atoms with Crippen molar-refractivity contribution in [2.24, 2.45) is 5.16 Å². The molecule has 0 saturated heterocycles. The van der Waals surface area contributed by atoms with E-state index in [0.717, 1.165) is 6.21 Å². The van der Waals surface area contributed by atoms with E-state index in [0.29, 0.717) is 12.3 Å². The summed E-state index contributed by atoms with van der Waals surface area (Å²) in [6.45, 7) is 2.14. The molecule has 80 valence electrons. The average Bonchev–Trinajstić information content (AvgIpc) is 2.18. The Morgan fingerprint density at radius 1 is 1.67 bits per heavy atom. The van der Waals surface area contributed by atoms with E-state index in [1.165, 1.54) is 18.2 Å². The van der Waals surface area contributed by atoms with Crippen LogP contribution in [0.1, 0.15) is 6.92 Å². The van der Waals surface area contributed by atoms with Gasteiger partial charge in [-0.1, -0.05) is 11.2 Å². The lowest BCUT2D eigenvalue weighted by molar-refractivity contribution is -0.110. The van der Waals surface area contributed by atoms with Crippen molar-refractivity contribution in [3.63, 3.8) is 0 Å². The first kappa shape index (κ1) is 11.2. The summed E-state index contributed by atoms with van der Waals surface area (Å²) in [6.07, 6.45) is 0.994. The van der Waals surface area contributed by atoms with Crippen molar-refractivity contribution in [1.82, 2.24) is 0 Å². The second-order valence-electron chi connectivity index (χ2n) is 2.65. The predicted octanol–water partition coefficient (Wildman–Crippen LogP) is 1.79. The van der Waals surface area contributed by atoms with Gasteiger partial charge < -0.3 is 10.2 Å². The third kappa shape index (κ3) is 4.21. The van der Waals surface area contributed by atoms with Crippen molar-refractivity contribution in [3.05, 3.63) is 30.1 Å². The van der Waals surface area contributed by atoms with Crippen LogP contribution in [-0.4, -0.2) is 18.7 Å². The van der Waals surface area contributed by atoms with Crippen molar-refractivity contribution in [3.8, 4) is 0 Å². The van der Waals surface area contributed by atoms with Crippen LogP contribution in [0.15, 0.2) is 29.4 Å². The van der Waals surface area contributed by atoms with Crippen molar-refractivity contribution in [2.45, 2.75) is 6.92 Å². The zero-order valence-corrected chi connectivity index (χ0v) is 8.24. The molecule has 0 aliphatic heterocycles. The fourth-order valence-corrected chi connectivity index (χ4v) is 0.900. The average molecular weight is 210 g/mol. The van der Waals surface area contributed by atoms with Crippen molar-refractivity contribution in [1.29, 1.82) is 0 Å². The van der Waals surface area contributed by atoms with Gasteiger partial charge in [-0.15, -0.1) is 0 Å². The van der Waals surface area contributed by atoms with Gasteiger partial charge in [-0.05, 0) is 25.1 Å². The number of carbonyl (C=O) groups is 1. The highest BCUT2D eigenvalue weighted by molar-refractivity contribution is 6.31. The number of nitrogens with one attached hydrogen (secondary N) is 1. The van der Waals surface area contributed by atoms with Crippen LogP contribution in [0, 0.1) is 5.82 Å². The van der Waals surface area contributed by atoms with Crippen molar-refractivity contribution in [2.75, 3.05) is 11.9 Å². The molecule has 0 saturated carbocycles. The molecule has 0 heterocycles. The molecule has 0 atom stereocenters. The predicted molar refractivity (Wildman–Crippen MR) is 55.1 cm³/mol. The van der Waals surface area contributed by atoms with Crippen LogP contribution in [0.25, 0.3) is 0 Å². The van der Waals surface area contributed by atoms with Crippen molar-refractivity contribution >= 4 is 17.8 Å². The van der Waals surface area contributed by atoms with Gasteiger partial charge in [0.05, 0.1) is 0 Å². The number of nitrogens with zero attached hydrogens (tertiary/aromatic N) is 1. The first-order chi connectivity index (χ1) is 7.22. The van der Waals surface area contributed by atoms with Crippen LogP contribution in [0.5, 0.6) is 0 Å². The lowest BCUT2D eigenvalue weighted by atomic mass is 10.3. The highest BCUT2D eigenvalue weighted by Crippen LogP contribution is 2.08. The first-order valence-electron chi connectivity index (χ1n) is 4.44. The van der Waals surface area contributed by atoms with Gasteiger partial charge in [0.25, 0.3) is 5.91 Å². The number of hydrogen-bond acceptors (Lipinski definition) is 3. The zero-order chi connectivity index (χ0) is 11.1. The third-order valence-corrected chi connectivity index (χ3v) is 1.47. The molecule has 0 aliphatic rings. The minimum Gasteiger partial charge on any atom is -0.396 e. The van der Waals surface area contributed by atoms with E-state index in [9.17, 15) is 9.18 Å². The molecular formula is C10H11FN2O2. The Hall–Kier alpha value is -1.91. The van der Waals surface area contributed by atoms with Gasteiger partial charge in [-0.3, -0.25) is 4.79 Å². The van der Waals surface area contributed by atoms with Crippen LogP contribution in [0.2, 0.25) is 0 Å². The fourth-order valence-electron chi connectivity index (χ4n) is 0.900. The normalized spacial score (nSPS) is 10.3. The summed E-state index contributed by atoms with van der Waals surface area (Å²) in [4.78, 5) is 15.7. The lowest BCUT2D eigenvalue weighted by Gasteiger charge is -2.00. The van der Waals surface area contributed by atoms with E-state index >= 15 is 0 Å². The zero-order valence-electron chi connectivity index (χ0n) is 8.24. The molecule has 1 amide bonds. The van der Waals surface area contributed by atoms with Crippen LogP contribution >= 0.6 is 0 Å². The summed E-state index contributed by atoms with van der Waals surface area (Å²) < 4.78 is 12.7. The first-order valence-corrected chi connectivity index (χ1v) is 4.44. The Bertz CT molecular complexity index is 366. The fraction of sp³-hybridized carbons (Fsp3) is 0.200. The second kappa shape index (κ2) is 5.74. The molecule has 0 aliphatic carbocycles. The highest BCUT2D eigenvalue weighted by atomic mass is 19.1. The molecule has 0 bridgehead atoms. The minimum atomic E-state index is -0.464. The van der Waals surface area contributed by atoms with Gasteiger partial charge in [0.15, 0.2) is 0 Å². The maximum absolute atomic E-state index is 12.7. The molecule has 0 spiro atoms. The molecule has 1 aromatic carbocycles. The Labute approximate surface area is 86.7 Å². The number of amides is 1. The standard InChI is InChI=1S/C10H11FN2O2/c1-2-15-12-7-10(14)13-9-5-3-4-8(11)6-9/h3-7H,2H2,1H3,(H,13,14)/b12-7+. The van der Waals surface area contributed by atoms with Crippen LogP contribution in [0.4, 0.5) is 10.1 Å². The summed E-state index contributed by atoms with van der Waals surface area (Å²) >= 11 is 0. The smallest absolute Gasteiger partial charge is 0.270 e. The van der Waals surface area contributed by atoms with Gasteiger partial charge in [0, 0.05) is 5.69 Å². The second-order valence-corrected chi connectivity index (χ2v) is 2.65. The number of oxime groups is 1. The molecule has 4 nitrogen and oxygen atoms in total. The minimum absolute atomic E-state index is 0.378. The molecule has 0 unspecified atom stereocenters. The van der Waals surface area contributed by atoms with Gasteiger partial charge in [-0.2, -0.15) is 0 Å². The van der Waals surface area contributed by atoms with Gasteiger partial charge >= 0.3 is 0 Å². The van der Waals surface area contributed by atoms with Gasteiger partial charge in [-0.25, -0.2) is 4.39 Å². The van der Waals surface area contributed by atoms with Crippen LogP contribution in [0.3, 0.4) is 0 Å². The van der Waals surface area contributed by atoms with Crippen LogP contribution < -0.4 is 5.32 Å². The third-order valence-electron chi connectivity index (χ3n) is 1.47. The van der Waals surface area contributed by atoms with E-state index in [2.05, 4.69) is 15.3 Å². The van der Waals surface area contributed by atoms with E-state index < -0.39 is 11.7 Å². The maximum atomic E-state index is 12.7. The molecule has 0 aromatic heterocycles. The van der Waals surface area contributed by atoms with E-state index in [1.54, 1.807) is 13.0 Å². The summed E-state index contributed by atoms with van der Waals surface area (Å²) in [5.41, 5.74) is 0.378. The number of hydrogen-bond donors (Lipinski definition) is 1. The van der Waals surface area contributed by atoms with E-state index in [1.807, 2.05) is 0 Å². The number of rotatable bonds is 4. The summed E-state index contributed by atoms with van der Waals surface area (Å²) in [5.74, 6) is -0.872. The summed E-state index contributed by atoms with van der Waals surface area (Å²) in [7, 11) is 0. The quantitative estimate of drug-likeness (QED) is 0.608. The molecular weight excluding hydrogens is 199 g/mol. The van der Waals surface area contributed by atoms with E-state index in [-0.39, 0.29) is 0 Å². The van der Waals surface area contributed by atoms with Crippen molar-refractivity contribution < 1.29 is 14.0 Å². The SMILES string of the molecule is CCO/N=C/C(=O)Nc1cccc(F)c1. The monoisotopic (exact) mass is 210 g/mol. The Balaban J connectivity index is 2.51.